The van der Waals surface area contributed by atoms with Gasteiger partial charge in [-0.1, -0.05) is 0 Å². The van der Waals surface area contributed by atoms with Crippen molar-refractivity contribution in [3.05, 3.63) is 17.9 Å². The van der Waals surface area contributed by atoms with Crippen LogP contribution in [0.4, 0.5) is 0 Å². The van der Waals surface area contributed by atoms with Crippen LogP contribution in [-0.4, -0.2) is 26.5 Å². The Morgan fingerprint density at radius 3 is 2.72 bits per heavy atom. The van der Waals surface area contributed by atoms with Gasteiger partial charge >= 0.3 is 0 Å². The number of thioether (sulfide) groups is 1. The minimum atomic E-state index is -3.53. The van der Waals surface area contributed by atoms with Gasteiger partial charge in [0.2, 0.25) is 5.09 Å². The number of rotatable bonds is 5. The number of hydrogen-bond donors (Lipinski definition) is 2. The zero-order valence-corrected chi connectivity index (χ0v) is 11.7. The van der Waals surface area contributed by atoms with Gasteiger partial charge in [0.15, 0.2) is 0 Å². The highest BCUT2D eigenvalue weighted by atomic mass is 32.2. The minimum Gasteiger partial charge on any atom is -0.447 e. The van der Waals surface area contributed by atoms with Gasteiger partial charge in [0.1, 0.15) is 5.76 Å². The van der Waals surface area contributed by atoms with E-state index in [0.717, 1.165) is 24.3 Å². The maximum atomic E-state index is 12.0. The van der Waals surface area contributed by atoms with E-state index in [-0.39, 0.29) is 11.6 Å². The molecule has 0 aromatic carbocycles. The van der Waals surface area contributed by atoms with Crippen molar-refractivity contribution in [1.29, 1.82) is 0 Å². The Balaban J connectivity index is 1.94. The fourth-order valence-electron chi connectivity index (χ4n) is 1.86. The molecule has 0 bridgehead atoms. The van der Waals surface area contributed by atoms with E-state index in [4.69, 9.17) is 10.2 Å². The van der Waals surface area contributed by atoms with Gasteiger partial charge in [0.25, 0.3) is 10.0 Å². The lowest BCUT2D eigenvalue weighted by molar-refractivity contribution is 0.408. The highest BCUT2D eigenvalue weighted by molar-refractivity contribution is 7.99. The Kier molecular flexibility index (Phi) is 4.71. The highest BCUT2D eigenvalue weighted by Gasteiger charge is 2.21. The van der Waals surface area contributed by atoms with Crippen LogP contribution >= 0.6 is 11.8 Å². The zero-order valence-electron chi connectivity index (χ0n) is 10.1. The first-order valence-electron chi connectivity index (χ1n) is 5.98. The second-order valence-corrected chi connectivity index (χ2v) is 7.26. The number of nitrogens with two attached hydrogens (primary N) is 1. The monoisotopic (exact) mass is 290 g/mol. The molecule has 3 N–H and O–H groups in total. The highest BCUT2D eigenvalue weighted by Crippen LogP contribution is 2.22. The fraction of sp³-hybridized carbons (Fsp3) is 0.636. The second kappa shape index (κ2) is 6.10. The second-order valence-electron chi connectivity index (χ2n) is 4.33. The quantitative estimate of drug-likeness (QED) is 0.850. The molecule has 0 radical (unpaired) electrons. The molecule has 0 atom stereocenters. The van der Waals surface area contributed by atoms with E-state index in [1.54, 1.807) is 6.07 Å². The Morgan fingerprint density at radius 1 is 1.39 bits per heavy atom. The summed E-state index contributed by atoms with van der Waals surface area (Å²) in [6.07, 6.45) is 2.14. The topological polar surface area (TPSA) is 85.3 Å². The average Bonchev–Trinajstić information content (AvgIpc) is 2.87. The number of nitrogens with one attached hydrogen (secondary N) is 1. The summed E-state index contributed by atoms with van der Waals surface area (Å²) in [5.41, 5.74) is 5.39. The summed E-state index contributed by atoms with van der Waals surface area (Å²) in [5, 5.41) is -0.0480. The van der Waals surface area contributed by atoms with Crippen molar-refractivity contribution in [2.45, 2.75) is 24.5 Å². The predicted octanol–water partition coefficient (Wildman–Crippen LogP) is 1.16. The van der Waals surface area contributed by atoms with Crippen LogP contribution in [0.5, 0.6) is 0 Å². The summed E-state index contributed by atoms with van der Waals surface area (Å²) in [7, 11) is -3.53. The molecule has 18 heavy (non-hydrogen) atoms. The first kappa shape index (κ1) is 13.9. The molecule has 0 spiro atoms. The molecule has 0 saturated carbocycles. The van der Waals surface area contributed by atoms with Crippen LogP contribution in [0.2, 0.25) is 0 Å². The van der Waals surface area contributed by atoms with E-state index < -0.39 is 10.0 Å². The van der Waals surface area contributed by atoms with Gasteiger partial charge in [-0.3, -0.25) is 0 Å². The summed E-state index contributed by atoms with van der Waals surface area (Å²) in [4.78, 5) is 0. The fourth-order valence-corrected chi connectivity index (χ4v) is 4.13. The largest absolute Gasteiger partial charge is 0.447 e. The van der Waals surface area contributed by atoms with Crippen LogP contribution in [-0.2, 0) is 16.6 Å². The average molecular weight is 290 g/mol. The zero-order chi connectivity index (χ0) is 13.0. The minimum absolute atomic E-state index is 0.0480. The molecule has 5 nitrogen and oxygen atoms in total. The van der Waals surface area contributed by atoms with Crippen molar-refractivity contribution >= 4 is 21.8 Å². The van der Waals surface area contributed by atoms with E-state index in [1.165, 1.54) is 6.07 Å². The maximum Gasteiger partial charge on any atom is 0.273 e. The molecule has 1 fully saturated rings. The molecule has 2 rings (SSSR count). The van der Waals surface area contributed by atoms with Gasteiger partial charge < -0.3 is 10.2 Å². The van der Waals surface area contributed by atoms with Gasteiger partial charge in [-0.05, 0) is 42.4 Å². The van der Waals surface area contributed by atoms with Crippen LogP contribution in [0.15, 0.2) is 21.6 Å². The molecule has 102 valence electrons. The van der Waals surface area contributed by atoms with Crippen LogP contribution < -0.4 is 10.5 Å². The van der Waals surface area contributed by atoms with Gasteiger partial charge in [-0.25, -0.2) is 13.1 Å². The first-order valence-corrected chi connectivity index (χ1v) is 8.62. The smallest absolute Gasteiger partial charge is 0.273 e. The summed E-state index contributed by atoms with van der Waals surface area (Å²) < 4.78 is 31.7. The third-order valence-electron chi connectivity index (χ3n) is 3.01. The third kappa shape index (κ3) is 3.50. The molecule has 2 heterocycles. The van der Waals surface area contributed by atoms with Gasteiger partial charge in [0.05, 0.1) is 6.54 Å². The van der Waals surface area contributed by atoms with E-state index >= 15 is 0 Å². The number of furan rings is 1. The van der Waals surface area contributed by atoms with E-state index in [9.17, 15) is 8.42 Å². The van der Waals surface area contributed by atoms with Crippen molar-refractivity contribution < 1.29 is 12.8 Å². The van der Waals surface area contributed by atoms with E-state index in [0.29, 0.717) is 18.2 Å². The summed E-state index contributed by atoms with van der Waals surface area (Å²) in [5.74, 6) is 3.14. The molecule has 0 amide bonds. The molecule has 1 aliphatic heterocycles. The summed E-state index contributed by atoms with van der Waals surface area (Å²) in [6, 6.07) is 3.03. The molecular formula is C11H18N2O3S2. The molecule has 0 unspecified atom stereocenters. The Bertz CT molecular complexity index is 478. The van der Waals surface area contributed by atoms with E-state index in [1.807, 2.05) is 11.8 Å². The molecule has 1 aliphatic rings. The summed E-state index contributed by atoms with van der Waals surface area (Å²) in [6.45, 7) is 0.691. The van der Waals surface area contributed by atoms with E-state index in [2.05, 4.69) is 4.72 Å². The lowest BCUT2D eigenvalue weighted by atomic mass is 10.0. The molecular weight excluding hydrogens is 272 g/mol. The summed E-state index contributed by atoms with van der Waals surface area (Å²) >= 11 is 1.93. The molecule has 0 aliphatic carbocycles. The van der Waals surface area contributed by atoms with Crippen molar-refractivity contribution in [1.82, 2.24) is 4.72 Å². The maximum absolute atomic E-state index is 12.0. The van der Waals surface area contributed by atoms with Crippen LogP contribution in [0.25, 0.3) is 0 Å². The standard InChI is InChI=1S/C11H18N2O3S2/c12-7-10-1-2-11(16-10)18(14,15)13-8-9-3-5-17-6-4-9/h1-2,9,13H,3-8,12H2. The van der Waals surface area contributed by atoms with Crippen molar-refractivity contribution in [3.8, 4) is 0 Å². The first-order chi connectivity index (χ1) is 8.62. The van der Waals surface area contributed by atoms with Crippen LogP contribution in [0, 0.1) is 5.92 Å². The lowest BCUT2D eigenvalue weighted by Crippen LogP contribution is -2.30. The van der Waals surface area contributed by atoms with Gasteiger partial charge in [0, 0.05) is 6.54 Å². The third-order valence-corrected chi connectivity index (χ3v) is 5.35. The van der Waals surface area contributed by atoms with Gasteiger partial charge in [-0.15, -0.1) is 0 Å². The predicted molar refractivity (Wildman–Crippen MR) is 71.8 cm³/mol. The molecule has 7 heteroatoms. The molecule has 1 aromatic rings. The van der Waals surface area contributed by atoms with Gasteiger partial charge in [-0.2, -0.15) is 11.8 Å². The van der Waals surface area contributed by atoms with Crippen LogP contribution in [0.1, 0.15) is 18.6 Å². The number of sulfonamides is 1. The van der Waals surface area contributed by atoms with Crippen LogP contribution in [0.3, 0.4) is 0 Å². The normalized spacial score (nSPS) is 18.1. The Morgan fingerprint density at radius 2 is 2.11 bits per heavy atom. The van der Waals surface area contributed by atoms with Crippen molar-refractivity contribution in [3.63, 3.8) is 0 Å². The Hall–Kier alpha value is -0.500. The molecule has 1 aromatic heterocycles. The number of hydrogen-bond acceptors (Lipinski definition) is 5. The van der Waals surface area contributed by atoms with Crippen molar-refractivity contribution in [2.75, 3.05) is 18.1 Å². The lowest BCUT2D eigenvalue weighted by Gasteiger charge is -2.21. The Labute approximate surface area is 112 Å². The van der Waals surface area contributed by atoms with Crippen molar-refractivity contribution in [2.24, 2.45) is 11.7 Å². The SMILES string of the molecule is NCc1ccc(S(=O)(=O)NCC2CCSCC2)o1. The molecule has 1 saturated heterocycles.